The third kappa shape index (κ3) is 3.39. The highest BCUT2D eigenvalue weighted by Gasteiger charge is 2.38. The van der Waals surface area contributed by atoms with Gasteiger partial charge in [0.15, 0.2) is 14.9 Å². The minimum atomic E-state index is -2.95. The predicted octanol–water partition coefficient (Wildman–Crippen LogP) is 2.70. The van der Waals surface area contributed by atoms with E-state index in [1.807, 2.05) is 43.3 Å². The van der Waals surface area contributed by atoms with Crippen LogP contribution in [-0.4, -0.2) is 30.6 Å². The molecule has 0 radical (unpaired) electrons. The zero-order valence-corrected chi connectivity index (χ0v) is 13.9. The quantitative estimate of drug-likeness (QED) is 0.827. The summed E-state index contributed by atoms with van der Waals surface area (Å²) in [6, 6.07) is 14.1. The molecule has 2 aromatic carbocycles. The molecule has 0 aromatic heterocycles. The number of benzene rings is 2. The Morgan fingerprint density at radius 1 is 1.18 bits per heavy atom. The molecule has 1 atom stereocenters. The SMILES string of the molecule is C[C@@]1(NC(=S)Nc2ccc3ccccc3c2)CCS(=O)(=O)C1. The lowest BCUT2D eigenvalue weighted by atomic mass is 10.0. The van der Waals surface area contributed by atoms with Crippen LogP contribution in [0.5, 0.6) is 0 Å². The smallest absolute Gasteiger partial charge is 0.171 e. The van der Waals surface area contributed by atoms with Crippen LogP contribution in [0.1, 0.15) is 13.3 Å². The van der Waals surface area contributed by atoms with Crippen LogP contribution >= 0.6 is 12.2 Å². The van der Waals surface area contributed by atoms with Crippen molar-refractivity contribution in [3.05, 3.63) is 42.5 Å². The zero-order valence-electron chi connectivity index (χ0n) is 12.3. The molecule has 2 N–H and O–H groups in total. The monoisotopic (exact) mass is 334 g/mol. The maximum Gasteiger partial charge on any atom is 0.171 e. The Kier molecular flexibility index (Phi) is 3.82. The second-order valence-corrected chi connectivity index (χ2v) is 8.64. The molecule has 1 saturated heterocycles. The van der Waals surface area contributed by atoms with Crippen LogP contribution in [0.25, 0.3) is 10.8 Å². The lowest BCUT2D eigenvalue weighted by molar-refractivity contribution is 0.474. The molecule has 0 spiro atoms. The molecule has 1 aliphatic heterocycles. The molecule has 116 valence electrons. The summed E-state index contributed by atoms with van der Waals surface area (Å²) in [7, 11) is -2.95. The van der Waals surface area contributed by atoms with Gasteiger partial charge in [-0.15, -0.1) is 0 Å². The van der Waals surface area contributed by atoms with Gasteiger partial charge in [-0.05, 0) is 48.5 Å². The van der Waals surface area contributed by atoms with Gasteiger partial charge in [0, 0.05) is 5.69 Å². The average molecular weight is 334 g/mol. The van der Waals surface area contributed by atoms with E-state index in [1.54, 1.807) is 0 Å². The van der Waals surface area contributed by atoms with Gasteiger partial charge in [-0.3, -0.25) is 0 Å². The summed E-state index contributed by atoms with van der Waals surface area (Å²) in [6.07, 6.45) is 0.578. The largest absolute Gasteiger partial charge is 0.356 e. The van der Waals surface area contributed by atoms with Gasteiger partial charge in [-0.25, -0.2) is 8.42 Å². The summed E-state index contributed by atoms with van der Waals surface area (Å²) >= 11 is 5.33. The summed E-state index contributed by atoms with van der Waals surface area (Å²) in [4.78, 5) is 0. The minimum absolute atomic E-state index is 0.125. The van der Waals surface area contributed by atoms with E-state index in [2.05, 4.69) is 16.7 Å². The van der Waals surface area contributed by atoms with Crippen LogP contribution in [0, 0.1) is 0 Å². The average Bonchev–Trinajstić information content (AvgIpc) is 2.72. The highest BCUT2D eigenvalue weighted by Crippen LogP contribution is 2.23. The van der Waals surface area contributed by atoms with E-state index in [0.29, 0.717) is 11.5 Å². The van der Waals surface area contributed by atoms with Gasteiger partial charge >= 0.3 is 0 Å². The van der Waals surface area contributed by atoms with Gasteiger partial charge in [0.05, 0.1) is 17.0 Å². The van der Waals surface area contributed by atoms with Crippen LogP contribution in [0.3, 0.4) is 0 Å². The Hall–Kier alpha value is -1.66. The van der Waals surface area contributed by atoms with Crippen LogP contribution in [0.4, 0.5) is 5.69 Å². The fourth-order valence-electron chi connectivity index (χ4n) is 2.81. The number of hydrogen-bond donors (Lipinski definition) is 2. The fraction of sp³-hybridized carbons (Fsp3) is 0.312. The number of hydrogen-bond acceptors (Lipinski definition) is 3. The van der Waals surface area contributed by atoms with Gasteiger partial charge in [0.25, 0.3) is 0 Å². The summed E-state index contributed by atoms with van der Waals surface area (Å²) in [6.45, 7) is 1.89. The first-order chi connectivity index (χ1) is 10.4. The molecular formula is C16H18N2O2S2. The lowest BCUT2D eigenvalue weighted by Gasteiger charge is -2.26. The lowest BCUT2D eigenvalue weighted by Crippen LogP contribution is -2.48. The Morgan fingerprint density at radius 2 is 1.91 bits per heavy atom. The number of thiocarbonyl (C=S) groups is 1. The highest BCUT2D eigenvalue weighted by atomic mass is 32.2. The van der Waals surface area contributed by atoms with Gasteiger partial charge in [-0.2, -0.15) is 0 Å². The van der Waals surface area contributed by atoms with E-state index in [9.17, 15) is 8.42 Å². The maximum atomic E-state index is 11.6. The Balaban J connectivity index is 1.71. The van der Waals surface area contributed by atoms with Crippen molar-refractivity contribution < 1.29 is 8.42 Å². The number of sulfone groups is 1. The standard InChI is InChI=1S/C16H18N2O2S2/c1-16(8-9-22(19,20)11-16)18-15(21)17-14-7-6-12-4-2-3-5-13(12)10-14/h2-7,10H,8-9,11H2,1H3,(H2,17,18,21)/t16-/m1/s1. The molecular weight excluding hydrogens is 316 g/mol. The summed E-state index contributed by atoms with van der Waals surface area (Å²) in [5, 5.41) is 9.04. The molecule has 0 amide bonds. The fourth-order valence-corrected chi connectivity index (χ4v) is 5.27. The third-order valence-electron chi connectivity index (χ3n) is 3.93. The summed E-state index contributed by atoms with van der Waals surface area (Å²) in [5.41, 5.74) is 0.403. The number of rotatable bonds is 2. The van der Waals surface area contributed by atoms with Gasteiger partial charge in [0.1, 0.15) is 0 Å². The zero-order chi connectivity index (χ0) is 15.8. The number of fused-ring (bicyclic) bond motifs is 1. The van der Waals surface area contributed by atoms with Crippen LogP contribution < -0.4 is 10.6 Å². The molecule has 0 saturated carbocycles. The first-order valence-corrected chi connectivity index (χ1v) is 9.37. The van der Waals surface area contributed by atoms with Crippen molar-refractivity contribution in [3.8, 4) is 0 Å². The normalized spacial score (nSPS) is 23.3. The van der Waals surface area contributed by atoms with Crippen LogP contribution in [-0.2, 0) is 9.84 Å². The Bertz CT molecular complexity index is 833. The molecule has 1 aliphatic rings. The minimum Gasteiger partial charge on any atom is -0.356 e. The molecule has 0 unspecified atom stereocenters. The van der Waals surface area contributed by atoms with Crippen LogP contribution in [0.15, 0.2) is 42.5 Å². The maximum absolute atomic E-state index is 11.6. The van der Waals surface area contributed by atoms with Crippen LogP contribution in [0.2, 0.25) is 0 Å². The van der Waals surface area contributed by atoms with Crippen molar-refractivity contribution >= 4 is 43.6 Å². The van der Waals surface area contributed by atoms with Crippen molar-refractivity contribution in [3.63, 3.8) is 0 Å². The first kappa shape index (κ1) is 15.2. The summed E-state index contributed by atoms with van der Waals surface area (Å²) in [5.74, 6) is 0.342. The van der Waals surface area contributed by atoms with Gasteiger partial charge < -0.3 is 10.6 Å². The molecule has 0 aliphatic carbocycles. The van der Waals surface area contributed by atoms with E-state index >= 15 is 0 Å². The van der Waals surface area contributed by atoms with E-state index < -0.39 is 15.4 Å². The van der Waals surface area contributed by atoms with Gasteiger partial charge in [0.2, 0.25) is 0 Å². The molecule has 1 heterocycles. The van der Waals surface area contributed by atoms with Crippen molar-refractivity contribution in [1.29, 1.82) is 0 Å². The molecule has 3 rings (SSSR count). The first-order valence-electron chi connectivity index (χ1n) is 7.14. The van der Waals surface area contributed by atoms with E-state index in [1.165, 1.54) is 5.39 Å². The highest BCUT2D eigenvalue weighted by molar-refractivity contribution is 7.91. The van der Waals surface area contributed by atoms with Crippen molar-refractivity contribution in [2.45, 2.75) is 18.9 Å². The third-order valence-corrected chi connectivity index (χ3v) is 6.03. The molecule has 0 bridgehead atoms. The van der Waals surface area contributed by atoms with E-state index in [0.717, 1.165) is 11.1 Å². The van der Waals surface area contributed by atoms with Crippen molar-refractivity contribution in [2.24, 2.45) is 0 Å². The number of anilines is 1. The Morgan fingerprint density at radius 3 is 2.59 bits per heavy atom. The van der Waals surface area contributed by atoms with E-state index in [-0.39, 0.29) is 11.5 Å². The molecule has 22 heavy (non-hydrogen) atoms. The van der Waals surface area contributed by atoms with Gasteiger partial charge in [-0.1, -0.05) is 30.3 Å². The van der Waals surface area contributed by atoms with E-state index in [4.69, 9.17) is 12.2 Å². The molecule has 2 aromatic rings. The second kappa shape index (κ2) is 5.52. The molecule has 1 fully saturated rings. The van der Waals surface area contributed by atoms with Crippen molar-refractivity contribution in [1.82, 2.24) is 5.32 Å². The summed E-state index contributed by atoms with van der Waals surface area (Å²) < 4.78 is 23.3. The molecule has 6 heteroatoms. The number of nitrogens with one attached hydrogen (secondary N) is 2. The Labute approximate surface area is 135 Å². The van der Waals surface area contributed by atoms with Crippen molar-refractivity contribution in [2.75, 3.05) is 16.8 Å². The second-order valence-electron chi connectivity index (χ2n) is 6.04. The molecule has 4 nitrogen and oxygen atoms in total. The topological polar surface area (TPSA) is 58.2 Å². The predicted molar refractivity (Wildman–Crippen MR) is 95.0 cm³/mol.